The highest BCUT2D eigenvalue weighted by Crippen LogP contribution is 2.38. The number of urea groups is 1. The summed E-state index contributed by atoms with van der Waals surface area (Å²) in [6.07, 6.45) is 1.75. The van der Waals surface area contributed by atoms with E-state index >= 15 is 0 Å². The second-order valence-corrected chi connectivity index (χ2v) is 7.35. The van der Waals surface area contributed by atoms with Gasteiger partial charge in [0.05, 0.1) is 5.92 Å². The van der Waals surface area contributed by atoms with Crippen LogP contribution >= 0.6 is 0 Å². The van der Waals surface area contributed by atoms with E-state index in [9.17, 15) is 19.2 Å². The van der Waals surface area contributed by atoms with Crippen molar-refractivity contribution in [3.05, 3.63) is 35.9 Å². The van der Waals surface area contributed by atoms with E-state index in [0.717, 1.165) is 12.0 Å². The number of esters is 1. The summed E-state index contributed by atoms with van der Waals surface area (Å²) in [5.41, 5.74) is 2.15. The molecule has 2 N–H and O–H groups in total. The molecule has 3 atom stereocenters. The highest BCUT2D eigenvalue weighted by Gasteiger charge is 2.48. The zero-order valence-corrected chi connectivity index (χ0v) is 15.4. The largest absolute Gasteiger partial charge is 0.455 e. The summed E-state index contributed by atoms with van der Waals surface area (Å²) in [6.45, 7) is 3.02. The van der Waals surface area contributed by atoms with E-state index in [4.69, 9.17) is 4.74 Å². The second kappa shape index (κ2) is 7.38. The molecule has 3 rings (SSSR count). The van der Waals surface area contributed by atoms with Gasteiger partial charge in [-0.2, -0.15) is 5.01 Å². The highest BCUT2D eigenvalue weighted by molar-refractivity contribution is 6.07. The van der Waals surface area contributed by atoms with Crippen LogP contribution in [0, 0.1) is 11.8 Å². The molecule has 1 aliphatic carbocycles. The lowest BCUT2D eigenvalue weighted by Crippen LogP contribution is -2.50. The number of carbonyl (C=O) groups excluding carboxylic acids is 4. The summed E-state index contributed by atoms with van der Waals surface area (Å²) in [6, 6.07) is 8.90. The van der Waals surface area contributed by atoms with Gasteiger partial charge < -0.3 is 10.1 Å². The normalized spacial score (nSPS) is 26.5. The molecular weight excluding hydrogens is 350 g/mol. The summed E-state index contributed by atoms with van der Waals surface area (Å²) in [4.78, 5) is 48.3. The average molecular weight is 373 g/mol. The summed E-state index contributed by atoms with van der Waals surface area (Å²) in [7, 11) is 0. The maximum atomic E-state index is 12.6. The Morgan fingerprint density at radius 2 is 1.96 bits per heavy atom. The average Bonchev–Trinajstić information content (AvgIpc) is 3.34. The van der Waals surface area contributed by atoms with Crippen LogP contribution in [0.4, 0.5) is 4.79 Å². The first-order chi connectivity index (χ1) is 12.8. The molecule has 2 fully saturated rings. The third-order valence-corrected chi connectivity index (χ3v) is 5.01. The Labute approximate surface area is 157 Å². The lowest BCUT2D eigenvalue weighted by atomic mass is 9.93. The Balaban J connectivity index is 1.52. The molecule has 0 bridgehead atoms. The smallest absolute Gasteiger partial charge is 0.344 e. The van der Waals surface area contributed by atoms with E-state index in [-0.39, 0.29) is 11.8 Å². The maximum absolute atomic E-state index is 12.6. The quantitative estimate of drug-likeness (QED) is 0.551. The fourth-order valence-electron chi connectivity index (χ4n) is 3.05. The second-order valence-electron chi connectivity index (χ2n) is 7.35. The Morgan fingerprint density at radius 1 is 1.30 bits per heavy atom. The number of ether oxygens (including phenoxy) is 1. The number of nitrogens with zero attached hydrogens (tertiary/aromatic N) is 1. The molecule has 27 heavy (non-hydrogen) atoms. The van der Waals surface area contributed by atoms with Gasteiger partial charge in [-0.1, -0.05) is 37.3 Å². The number of hydrogen-bond donors (Lipinski definition) is 2. The van der Waals surface area contributed by atoms with E-state index in [1.165, 1.54) is 0 Å². The molecule has 2 aliphatic rings. The topological polar surface area (TPSA) is 105 Å². The van der Waals surface area contributed by atoms with Gasteiger partial charge in [-0.3, -0.25) is 19.8 Å². The first-order valence-corrected chi connectivity index (χ1v) is 8.97. The molecule has 0 aromatic heterocycles. The van der Waals surface area contributed by atoms with Crippen molar-refractivity contribution in [3.8, 4) is 0 Å². The lowest BCUT2D eigenvalue weighted by Gasteiger charge is -2.21. The van der Waals surface area contributed by atoms with E-state index in [1.54, 1.807) is 6.92 Å². The Morgan fingerprint density at radius 3 is 2.59 bits per heavy atom. The standard InChI is InChI=1S/C19H23N3O5/c1-12-10-14(12)16(24)27-11-15(23)21-22-17(25)19(2,20-18(22)26)9-8-13-6-4-3-5-7-13/h3-7,12,14H,8-11H2,1-2H3,(H,20,26)(H,21,23)/t12-,14+,19+/m0/s1. The molecule has 4 amide bonds. The van der Waals surface area contributed by atoms with Crippen molar-refractivity contribution < 1.29 is 23.9 Å². The molecule has 0 radical (unpaired) electrons. The van der Waals surface area contributed by atoms with Gasteiger partial charge in [0.25, 0.3) is 11.8 Å². The van der Waals surface area contributed by atoms with E-state index in [0.29, 0.717) is 17.9 Å². The zero-order chi connectivity index (χ0) is 19.6. The van der Waals surface area contributed by atoms with Gasteiger partial charge in [0.1, 0.15) is 5.54 Å². The summed E-state index contributed by atoms with van der Waals surface area (Å²) >= 11 is 0. The third-order valence-electron chi connectivity index (χ3n) is 5.01. The van der Waals surface area contributed by atoms with Crippen LogP contribution in [0.3, 0.4) is 0 Å². The van der Waals surface area contributed by atoms with E-state index in [2.05, 4.69) is 10.7 Å². The predicted molar refractivity (Wildman–Crippen MR) is 94.9 cm³/mol. The molecule has 144 valence electrons. The Hall–Kier alpha value is -2.90. The SMILES string of the molecule is C[C@H]1C[C@H]1C(=O)OCC(=O)NN1C(=O)N[C@](C)(CCc2ccccc2)C1=O. The number of imide groups is 1. The van der Waals surface area contributed by atoms with Gasteiger partial charge in [-0.05, 0) is 37.7 Å². The number of benzene rings is 1. The van der Waals surface area contributed by atoms with E-state index < -0.39 is 36.0 Å². The molecule has 1 saturated carbocycles. The number of carbonyl (C=O) groups is 4. The van der Waals surface area contributed by atoms with Crippen molar-refractivity contribution in [1.82, 2.24) is 15.8 Å². The van der Waals surface area contributed by atoms with Crippen molar-refractivity contribution >= 4 is 23.8 Å². The molecule has 8 nitrogen and oxygen atoms in total. The van der Waals surface area contributed by atoms with Gasteiger partial charge in [0.15, 0.2) is 6.61 Å². The van der Waals surface area contributed by atoms with Crippen molar-refractivity contribution in [1.29, 1.82) is 0 Å². The number of aryl methyl sites for hydroxylation is 1. The first-order valence-electron chi connectivity index (χ1n) is 8.97. The van der Waals surface area contributed by atoms with Crippen LogP contribution in [-0.4, -0.2) is 41.0 Å². The monoisotopic (exact) mass is 373 g/mol. The number of amides is 4. The van der Waals surface area contributed by atoms with Crippen LogP contribution in [0.1, 0.15) is 32.3 Å². The van der Waals surface area contributed by atoms with Crippen LogP contribution in [0.5, 0.6) is 0 Å². The lowest BCUT2D eigenvalue weighted by molar-refractivity contribution is -0.152. The molecule has 1 aromatic rings. The zero-order valence-electron chi connectivity index (χ0n) is 15.4. The van der Waals surface area contributed by atoms with Crippen LogP contribution < -0.4 is 10.7 Å². The molecule has 1 saturated heterocycles. The summed E-state index contributed by atoms with van der Waals surface area (Å²) in [5.74, 6) is -1.58. The molecule has 1 aromatic carbocycles. The minimum absolute atomic E-state index is 0.157. The number of hydrazine groups is 1. The molecular formula is C19H23N3O5. The first kappa shape index (κ1) is 18.9. The predicted octanol–water partition coefficient (Wildman–Crippen LogP) is 1.16. The molecule has 0 spiro atoms. The third kappa shape index (κ3) is 4.27. The maximum Gasteiger partial charge on any atom is 0.344 e. The van der Waals surface area contributed by atoms with Crippen molar-refractivity contribution in [2.45, 2.75) is 38.6 Å². The van der Waals surface area contributed by atoms with Crippen molar-refractivity contribution in [2.24, 2.45) is 11.8 Å². The van der Waals surface area contributed by atoms with Crippen molar-refractivity contribution in [3.63, 3.8) is 0 Å². The van der Waals surface area contributed by atoms with Crippen LogP contribution in [0.25, 0.3) is 0 Å². The summed E-state index contributed by atoms with van der Waals surface area (Å²) in [5, 5.41) is 3.27. The minimum atomic E-state index is -1.11. The Bertz CT molecular complexity index is 766. The van der Waals surface area contributed by atoms with Crippen molar-refractivity contribution in [2.75, 3.05) is 6.61 Å². The molecule has 1 heterocycles. The highest BCUT2D eigenvalue weighted by atomic mass is 16.5. The molecule has 0 unspecified atom stereocenters. The fourth-order valence-corrected chi connectivity index (χ4v) is 3.05. The minimum Gasteiger partial charge on any atom is -0.455 e. The number of rotatable bonds is 7. The Kier molecular flexibility index (Phi) is 5.16. The van der Waals surface area contributed by atoms with Gasteiger partial charge in [-0.25, -0.2) is 4.79 Å². The fraction of sp³-hybridized carbons (Fsp3) is 0.474. The molecule has 8 heteroatoms. The summed E-state index contributed by atoms with van der Waals surface area (Å²) < 4.78 is 4.92. The number of hydrogen-bond acceptors (Lipinski definition) is 5. The number of nitrogens with one attached hydrogen (secondary N) is 2. The van der Waals surface area contributed by atoms with Gasteiger partial charge in [0.2, 0.25) is 0 Å². The van der Waals surface area contributed by atoms with Crippen LogP contribution in [0.15, 0.2) is 30.3 Å². The van der Waals surface area contributed by atoms with E-state index in [1.807, 2.05) is 37.3 Å². The van der Waals surface area contributed by atoms with Crippen LogP contribution in [0.2, 0.25) is 0 Å². The van der Waals surface area contributed by atoms with Crippen LogP contribution in [-0.2, 0) is 25.5 Å². The van der Waals surface area contributed by atoms with Gasteiger partial charge in [0, 0.05) is 0 Å². The van der Waals surface area contributed by atoms with Gasteiger partial charge in [-0.15, -0.1) is 0 Å². The molecule has 1 aliphatic heterocycles. The van der Waals surface area contributed by atoms with Gasteiger partial charge >= 0.3 is 12.0 Å².